The van der Waals surface area contributed by atoms with Gasteiger partial charge in [-0.05, 0) is 41.3 Å². The number of rotatable bonds is 8. The quantitative estimate of drug-likeness (QED) is 0.359. The van der Waals surface area contributed by atoms with Crippen LogP contribution in [-0.2, 0) is 16.6 Å². The smallest absolute Gasteiger partial charge is 0.251 e. The Kier molecular flexibility index (Phi) is 8.29. The number of carbonyl (C=O) groups is 1. The van der Waals surface area contributed by atoms with Gasteiger partial charge in [-0.25, -0.2) is 8.42 Å². The van der Waals surface area contributed by atoms with Gasteiger partial charge >= 0.3 is 0 Å². The minimum Gasteiger partial charge on any atom is -0.351 e. The third-order valence-electron chi connectivity index (χ3n) is 5.14. The normalized spacial score (nSPS) is 12.3. The molecule has 0 aliphatic carbocycles. The van der Waals surface area contributed by atoms with E-state index in [2.05, 4.69) is 5.32 Å². The van der Waals surface area contributed by atoms with Crippen molar-refractivity contribution in [3.05, 3.63) is 98.5 Å². The molecule has 0 spiro atoms. The van der Waals surface area contributed by atoms with Gasteiger partial charge in [-0.2, -0.15) is 0 Å². The fourth-order valence-corrected chi connectivity index (χ4v) is 4.84. The zero-order valence-corrected chi connectivity index (χ0v) is 21.1. The second kappa shape index (κ2) is 10.8. The standard InChI is InChI=1S/C24H23Cl3N2O3S/c1-16(18-6-4-3-5-7-18)14-28-24(30)19-10-8-17(9-11-19)15-29(33(2,31)32)23-13-21(26)20(25)12-22(23)27/h3-13,16H,14-15H2,1-2H3,(H,28,30)/t16-/m0/s1. The Morgan fingerprint density at radius 3 is 2.15 bits per heavy atom. The van der Waals surface area contributed by atoms with Crippen LogP contribution in [0.5, 0.6) is 0 Å². The van der Waals surface area contributed by atoms with Crippen molar-refractivity contribution in [1.82, 2.24) is 5.32 Å². The average Bonchev–Trinajstić information content (AvgIpc) is 2.78. The summed E-state index contributed by atoms with van der Waals surface area (Å²) in [6.45, 7) is 2.57. The molecule has 0 bridgehead atoms. The maximum absolute atomic E-state index is 12.5. The molecule has 0 saturated carbocycles. The minimum atomic E-state index is -3.67. The zero-order valence-electron chi connectivity index (χ0n) is 18.1. The van der Waals surface area contributed by atoms with Gasteiger partial charge in [0.2, 0.25) is 10.0 Å². The zero-order chi connectivity index (χ0) is 24.2. The number of anilines is 1. The van der Waals surface area contributed by atoms with Crippen molar-refractivity contribution >= 4 is 56.4 Å². The van der Waals surface area contributed by atoms with Crippen LogP contribution in [0.3, 0.4) is 0 Å². The summed E-state index contributed by atoms with van der Waals surface area (Å²) < 4.78 is 26.1. The molecule has 0 fully saturated rings. The molecule has 0 radical (unpaired) electrons. The molecule has 1 atom stereocenters. The number of amides is 1. The molecule has 174 valence electrons. The van der Waals surface area contributed by atoms with Crippen LogP contribution in [0.4, 0.5) is 5.69 Å². The number of hydrogen-bond donors (Lipinski definition) is 1. The summed E-state index contributed by atoms with van der Waals surface area (Å²) in [6, 6.07) is 19.5. The van der Waals surface area contributed by atoms with Crippen molar-refractivity contribution in [2.24, 2.45) is 0 Å². The second-order valence-corrected chi connectivity index (χ2v) is 10.8. The minimum absolute atomic E-state index is 0.0173. The van der Waals surface area contributed by atoms with Crippen LogP contribution in [0, 0.1) is 0 Å². The lowest BCUT2D eigenvalue weighted by atomic mass is 10.0. The highest BCUT2D eigenvalue weighted by Crippen LogP contribution is 2.36. The fourth-order valence-electron chi connectivity index (χ4n) is 3.26. The summed E-state index contributed by atoms with van der Waals surface area (Å²) in [6.07, 6.45) is 1.08. The summed E-state index contributed by atoms with van der Waals surface area (Å²) >= 11 is 18.3. The van der Waals surface area contributed by atoms with Gasteiger partial charge in [0.25, 0.3) is 5.91 Å². The summed E-state index contributed by atoms with van der Waals surface area (Å²) in [5, 5.41) is 3.53. The SMILES string of the molecule is C[C@@H](CNC(=O)c1ccc(CN(c2cc(Cl)c(Cl)cc2Cl)S(C)(=O)=O)cc1)c1ccccc1. The summed E-state index contributed by atoms with van der Waals surface area (Å²) in [4.78, 5) is 12.5. The first-order valence-electron chi connectivity index (χ1n) is 10.1. The van der Waals surface area contributed by atoms with Crippen LogP contribution >= 0.6 is 34.8 Å². The largest absolute Gasteiger partial charge is 0.351 e. The molecule has 0 unspecified atom stereocenters. The van der Waals surface area contributed by atoms with E-state index in [0.29, 0.717) is 17.7 Å². The van der Waals surface area contributed by atoms with Gasteiger partial charge in [0.15, 0.2) is 0 Å². The second-order valence-electron chi connectivity index (χ2n) is 7.71. The Balaban J connectivity index is 1.72. The van der Waals surface area contributed by atoms with Gasteiger partial charge in [0.1, 0.15) is 0 Å². The monoisotopic (exact) mass is 524 g/mol. The molecule has 0 aromatic heterocycles. The Morgan fingerprint density at radius 1 is 0.939 bits per heavy atom. The van der Waals surface area contributed by atoms with E-state index < -0.39 is 10.0 Å². The van der Waals surface area contributed by atoms with Gasteiger partial charge in [-0.15, -0.1) is 0 Å². The maximum atomic E-state index is 12.5. The first-order valence-corrected chi connectivity index (χ1v) is 13.1. The summed E-state index contributed by atoms with van der Waals surface area (Å²) in [5.41, 5.74) is 2.54. The average molecular weight is 526 g/mol. The summed E-state index contributed by atoms with van der Waals surface area (Å²) in [5.74, 6) is -0.0227. The highest BCUT2D eigenvalue weighted by atomic mass is 35.5. The molecule has 0 aliphatic heterocycles. The van der Waals surface area contributed by atoms with Crippen molar-refractivity contribution in [2.75, 3.05) is 17.1 Å². The lowest BCUT2D eigenvalue weighted by Crippen LogP contribution is -2.30. The molecule has 0 saturated heterocycles. The Labute approximate surface area is 209 Å². The van der Waals surface area contributed by atoms with Crippen LogP contribution in [0.15, 0.2) is 66.7 Å². The van der Waals surface area contributed by atoms with Crippen molar-refractivity contribution in [2.45, 2.75) is 19.4 Å². The molecule has 33 heavy (non-hydrogen) atoms. The summed E-state index contributed by atoms with van der Waals surface area (Å²) in [7, 11) is -3.67. The van der Waals surface area contributed by atoms with Crippen LogP contribution < -0.4 is 9.62 Å². The molecule has 5 nitrogen and oxygen atoms in total. The van der Waals surface area contributed by atoms with Crippen LogP contribution in [0.25, 0.3) is 0 Å². The van der Waals surface area contributed by atoms with E-state index in [0.717, 1.165) is 16.1 Å². The van der Waals surface area contributed by atoms with E-state index in [4.69, 9.17) is 34.8 Å². The van der Waals surface area contributed by atoms with Gasteiger partial charge in [0, 0.05) is 12.1 Å². The van der Waals surface area contributed by atoms with Gasteiger partial charge in [0.05, 0.1) is 33.6 Å². The topological polar surface area (TPSA) is 66.5 Å². The molecule has 3 aromatic carbocycles. The third kappa shape index (κ3) is 6.64. The lowest BCUT2D eigenvalue weighted by Gasteiger charge is -2.24. The number of hydrogen-bond acceptors (Lipinski definition) is 3. The Hall–Kier alpha value is -2.25. The van der Waals surface area contributed by atoms with E-state index >= 15 is 0 Å². The number of carbonyl (C=O) groups excluding carboxylic acids is 1. The lowest BCUT2D eigenvalue weighted by molar-refractivity contribution is 0.0951. The molecule has 3 rings (SSSR count). The van der Waals surface area contributed by atoms with Crippen molar-refractivity contribution in [1.29, 1.82) is 0 Å². The van der Waals surface area contributed by atoms with Gasteiger partial charge in [-0.1, -0.05) is 84.2 Å². The Morgan fingerprint density at radius 2 is 1.55 bits per heavy atom. The number of nitrogens with zero attached hydrogens (tertiary/aromatic N) is 1. The molecule has 0 heterocycles. The number of nitrogens with one attached hydrogen (secondary N) is 1. The van der Waals surface area contributed by atoms with Crippen molar-refractivity contribution < 1.29 is 13.2 Å². The maximum Gasteiger partial charge on any atom is 0.251 e. The highest BCUT2D eigenvalue weighted by molar-refractivity contribution is 7.92. The van der Waals surface area contributed by atoms with Crippen LogP contribution in [-0.4, -0.2) is 27.1 Å². The first kappa shape index (κ1) is 25.4. The molecular weight excluding hydrogens is 503 g/mol. The molecule has 3 aromatic rings. The number of sulfonamides is 1. The van der Waals surface area contributed by atoms with E-state index in [1.807, 2.05) is 37.3 Å². The number of benzene rings is 3. The predicted octanol–water partition coefficient (Wildman–Crippen LogP) is 6.15. The van der Waals surface area contributed by atoms with E-state index in [1.165, 1.54) is 12.1 Å². The molecular formula is C24H23Cl3N2O3S. The fraction of sp³-hybridized carbons (Fsp3) is 0.208. The van der Waals surface area contributed by atoms with Crippen molar-refractivity contribution in [3.8, 4) is 0 Å². The Bertz CT molecular complexity index is 1230. The molecule has 1 amide bonds. The molecule has 1 N–H and O–H groups in total. The first-order chi connectivity index (χ1) is 15.6. The highest BCUT2D eigenvalue weighted by Gasteiger charge is 2.22. The van der Waals surface area contributed by atoms with E-state index in [9.17, 15) is 13.2 Å². The van der Waals surface area contributed by atoms with E-state index in [-0.39, 0.29) is 39.1 Å². The number of halogens is 3. The molecule has 9 heteroatoms. The van der Waals surface area contributed by atoms with Crippen LogP contribution in [0.2, 0.25) is 15.1 Å². The van der Waals surface area contributed by atoms with Crippen LogP contribution in [0.1, 0.15) is 34.3 Å². The van der Waals surface area contributed by atoms with Crippen molar-refractivity contribution in [3.63, 3.8) is 0 Å². The van der Waals surface area contributed by atoms with Gasteiger partial charge in [-0.3, -0.25) is 9.10 Å². The van der Waals surface area contributed by atoms with E-state index in [1.54, 1.807) is 24.3 Å². The van der Waals surface area contributed by atoms with Gasteiger partial charge < -0.3 is 5.32 Å². The third-order valence-corrected chi connectivity index (χ3v) is 7.29. The predicted molar refractivity (Wildman–Crippen MR) is 136 cm³/mol. The molecule has 0 aliphatic rings.